The van der Waals surface area contributed by atoms with Gasteiger partial charge in [0.1, 0.15) is 11.9 Å². The molecule has 0 saturated carbocycles. The van der Waals surface area contributed by atoms with E-state index in [4.69, 9.17) is 9.37 Å². The van der Waals surface area contributed by atoms with Crippen LogP contribution in [0.25, 0.3) is 0 Å². The van der Waals surface area contributed by atoms with Gasteiger partial charge in [-0.1, -0.05) is 0 Å². The van der Waals surface area contributed by atoms with E-state index in [9.17, 15) is 0 Å². The van der Waals surface area contributed by atoms with E-state index in [1.165, 1.54) is 17.2 Å². The molecular formula is C11H15N5. The fourth-order valence-electron chi connectivity index (χ4n) is 1.79. The summed E-state index contributed by atoms with van der Waals surface area (Å²) in [6.45, 7) is -0.704. The van der Waals surface area contributed by atoms with Crippen molar-refractivity contribution in [1.29, 1.82) is 5.26 Å². The van der Waals surface area contributed by atoms with Gasteiger partial charge in [0.05, 0.1) is 0 Å². The Kier molecular flexibility index (Phi) is 2.32. The van der Waals surface area contributed by atoms with Gasteiger partial charge in [0.15, 0.2) is 0 Å². The molecule has 1 aromatic rings. The average Bonchev–Trinajstić information content (AvgIpc) is 2.39. The second kappa shape index (κ2) is 4.90. The van der Waals surface area contributed by atoms with Crippen LogP contribution in [-0.2, 0) is 0 Å². The molecule has 2 heterocycles. The van der Waals surface area contributed by atoms with Crippen molar-refractivity contribution in [2.45, 2.75) is 18.9 Å². The van der Waals surface area contributed by atoms with Crippen molar-refractivity contribution in [1.82, 2.24) is 15.3 Å². The van der Waals surface area contributed by atoms with E-state index in [2.05, 4.69) is 15.3 Å². The molecule has 1 N–H and O–H groups in total. The Bertz CT molecular complexity index is 476. The van der Waals surface area contributed by atoms with Crippen LogP contribution < -0.4 is 10.2 Å². The van der Waals surface area contributed by atoms with Crippen LogP contribution in [0.15, 0.2) is 12.3 Å². The van der Waals surface area contributed by atoms with Gasteiger partial charge in [-0.2, -0.15) is 5.26 Å². The van der Waals surface area contributed by atoms with Gasteiger partial charge in [0.2, 0.25) is 5.82 Å². The Morgan fingerprint density at radius 3 is 3.12 bits per heavy atom. The summed E-state index contributed by atoms with van der Waals surface area (Å²) >= 11 is 0. The average molecular weight is 220 g/mol. The van der Waals surface area contributed by atoms with Crippen LogP contribution in [0.2, 0.25) is 0 Å². The molecule has 0 bridgehead atoms. The number of piperidine rings is 1. The first-order chi connectivity index (χ1) is 9.02. The number of hydrogen-bond donors (Lipinski definition) is 1. The van der Waals surface area contributed by atoms with Gasteiger partial charge in [0.25, 0.3) is 0 Å². The summed E-state index contributed by atoms with van der Waals surface area (Å²) in [5, 5.41) is 12.0. The summed E-state index contributed by atoms with van der Waals surface area (Å²) in [5.74, 6) is 0.277. The molecule has 0 aromatic carbocycles. The van der Waals surface area contributed by atoms with Crippen LogP contribution in [0.1, 0.15) is 22.8 Å². The highest BCUT2D eigenvalue weighted by atomic mass is 15.2. The largest absolute Gasteiger partial charge is 0.356 e. The molecule has 0 atom stereocenters. The minimum Gasteiger partial charge on any atom is -0.356 e. The minimum absolute atomic E-state index is 0.0133. The van der Waals surface area contributed by atoms with Crippen LogP contribution in [0.4, 0.5) is 5.82 Å². The van der Waals surface area contributed by atoms with E-state index >= 15 is 0 Å². The molecule has 0 radical (unpaired) electrons. The minimum atomic E-state index is -2.27. The van der Waals surface area contributed by atoms with Gasteiger partial charge < -0.3 is 10.2 Å². The molecule has 0 aliphatic carbocycles. The number of nitrogens with one attached hydrogen (secondary N) is 1. The third-order valence-corrected chi connectivity index (χ3v) is 2.66. The SMILES string of the molecule is [2H]C([2H])([2H])N(c1ccnc(C#N)n1)C1CCNCC1. The maximum Gasteiger partial charge on any atom is 0.234 e. The van der Waals surface area contributed by atoms with Gasteiger partial charge in [0, 0.05) is 23.3 Å². The molecule has 0 spiro atoms. The van der Waals surface area contributed by atoms with E-state index in [1.807, 2.05) is 6.07 Å². The Morgan fingerprint density at radius 2 is 2.44 bits per heavy atom. The van der Waals surface area contributed by atoms with Gasteiger partial charge in [-0.3, -0.25) is 0 Å². The molecule has 16 heavy (non-hydrogen) atoms. The smallest absolute Gasteiger partial charge is 0.234 e. The van der Waals surface area contributed by atoms with Crippen LogP contribution in [0.3, 0.4) is 0 Å². The molecule has 1 aromatic heterocycles. The lowest BCUT2D eigenvalue weighted by Crippen LogP contribution is -2.41. The van der Waals surface area contributed by atoms with Crippen LogP contribution in [0.5, 0.6) is 0 Å². The summed E-state index contributed by atoms with van der Waals surface area (Å²) < 4.78 is 23.1. The van der Waals surface area contributed by atoms with Crippen molar-refractivity contribution in [2.75, 3.05) is 25.0 Å². The lowest BCUT2D eigenvalue weighted by Gasteiger charge is -2.32. The molecule has 1 aliphatic heterocycles. The molecule has 1 fully saturated rings. The second-order valence-electron chi connectivity index (χ2n) is 3.70. The molecule has 0 amide bonds. The summed E-state index contributed by atoms with van der Waals surface area (Å²) in [6.07, 6.45) is 2.90. The maximum atomic E-state index is 8.81. The van der Waals surface area contributed by atoms with Crippen LogP contribution >= 0.6 is 0 Å². The predicted molar refractivity (Wildman–Crippen MR) is 61.0 cm³/mol. The summed E-state index contributed by atoms with van der Waals surface area (Å²) in [4.78, 5) is 9.11. The summed E-state index contributed by atoms with van der Waals surface area (Å²) in [6, 6.07) is 3.27. The quantitative estimate of drug-likeness (QED) is 0.788. The van der Waals surface area contributed by atoms with Crippen LogP contribution in [0, 0.1) is 11.3 Å². The number of hydrogen-bond acceptors (Lipinski definition) is 5. The highest BCUT2D eigenvalue weighted by Crippen LogP contribution is 2.17. The van der Waals surface area contributed by atoms with Crippen molar-refractivity contribution in [2.24, 2.45) is 0 Å². The zero-order valence-electron chi connectivity index (χ0n) is 11.8. The van der Waals surface area contributed by atoms with Gasteiger partial charge in [-0.25, -0.2) is 9.97 Å². The maximum absolute atomic E-state index is 8.81. The fourth-order valence-corrected chi connectivity index (χ4v) is 1.79. The van der Waals surface area contributed by atoms with E-state index < -0.39 is 6.98 Å². The third kappa shape index (κ3) is 2.28. The molecule has 1 saturated heterocycles. The standard InChI is InChI=1S/C11H15N5/c1-16(9-2-5-13-6-3-9)11-4-7-14-10(8-12)15-11/h4,7,9,13H,2-3,5-6H2,1H3/i1D3. The highest BCUT2D eigenvalue weighted by Gasteiger charge is 2.18. The number of anilines is 1. The summed E-state index contributed by atoms with van der Waals surface area (Å²) in [7, 11) is 0. The number of nitrogens with zero attached hydrogens (tertiary/aromatic N) is 4. The number of rotatable bonds is 2. The van der Waals surface area contributed by atoms with E-state index in [0.29, 0.717) is 5.82 Å². The topological polar surface area (TPSA) is 64.8 Å². The Balaban J connectivity index is 2.34. The molecular weight excluding hydrogens is 202 g/mol. The van der Waals surface area contributed by atoms with Crippen molar-refractivity contribution in [3.8, 4) is 6.07 Å². The normalized spacial score (nSPS) is 20.3. The van der Waals surface area contributed by atoms with Gasteiger partial charge >= 0.3 is 0 Å². The van der Waals surface area contributed by atoms with Crippen molar-refractivity contribution in [3.63, 3.8) is 0 Å². The lowest BCUT2D eigenvalue weighted by atomic mass is 10.1. The molecule has 2 rings (SSSR count). The first kappa shape index (κ1) is 7.58. The monoisotopic (exact) mass is 220 g/mol. The molecule has 1 aliphatic rings. The Morgan fingerprint density at radius 1 is 1.62 bits per heavy atom. The van der Waals surface area contributed by atoms with Crippen molar-refractivity contribution < 1.29 is 4.11 Å². The Labute approximate surface area is 99.3 Å². The van der Waals surface area contributed by atoms with E-state index in [-0.39, 0.29) is 11.9 Å². The summed E-state index contributed by atoms with van der Waals surface area (Å²) in [5.41, 5.74) is 0. The zero-order valence-corrected chi connectivity index (χ0v) is 8.85. The lowest BCUT2D eigenvalue weighted by molar-refractivity contribution is 0.441. The number of nitriles is 1. The first-order valence-electron chi connectivity index (χ1n) is 6.75. The third-order valence-electron chi connectivity index (χ3n) is 2.66. The van der Waals surface area contributed by atoms with Gasteiger partial charge in [-0.15, -0.1) is 0 Å². The fraction of sp³-hybridized carbons (Fsp3) is 0.545. The van der Waals surface area contributed by atoms with E-state index in [1.54, 1.807) is 0 Å². The number of aromatic nitrogens is 2. The predicted octanol–water partition coefficient (Wildman–Crippen LogP) is 0.536. The first-order valence-corrected chi connectivity index (χ1v) is 5.25. The molecule has 0 unspecified atom stereocenters. The van der Waals surface area contributed by atoms with E-state index in [0.717, 1.165) is 25.9 Å². The molecule has 5 nitrogen and oxygen atoms in total. The van der Waals surface area contributed by atoms with Crippen LogP contribution in [-0.4, -0.2) is 36.1 Å². The van der Waals surface area contributed by atoms with Crippen molar-refractivity contribution in [3.05, 3.63) is 18.1 Å². The second-order valence-corrected chi connectivity index (χ2v) is 3.70. The molecule has 5 heteroatoms. The highest BCUT2D eigenvalue weighted by molar-refractivity contribution is 5.39. The zero-order chi connectivity index (χ0) is 13.9. The molecule has 84 valence electrons. The van der Waals surface area contributed by atoms with Gasteiger partial charge in [-0.05, 0) is 32.0 Å². The Hall–Kier alpha value is -1.67. The van der Waals surface area contributed by atoms with Crippen molar-refractivity contribution >= 4 is 5.82 Å².